The summed E-state index contributed by atoms with van der Waals surface area (Å²) < 4.78 is 34.7. The molecule has 174 valence electrons. The molecule has 0 radical (unpaired) electrons. The number of sulfonamides is 1. The Morgan fingerprint density at radius 2 is 1.58 bits per heavy atom. The normalized spacial score (nSPS) is 12.3. The molecule has 0 aromatic heterocycles. The van der Waals surface area contributed by atoms with Gasteiger partial charge >= 0.3 is 0 Å². The van der Waals surface area contributed by atoms with E-state index in [0.29, 0.717) is 11.3 Å². The minimum Gasteiger partial charge on any atom is -0.496 e. The number of carbonyl (C=O) groups excluding carboxylic acids is 1. The summed E-state index contributed by atoms with van der Waals surface area (Å²) >= 11 is 0. The molecule has 3 rings (SSSR count). The van der Waals surface area contributed by atoms with Gasteiger partial charge in [0.05, 0.1) is 29.3 Å². The Morgan fingerprint density at radius 1 is 0.939 bits per heavy atom. The van der Waals surface area contributed by atoms with Crippen molar-refractivity contribution in [2.24, 2.45) is 0 Å². The fraction of sp³-hybridized carbons (Fsp3) is 0.269. The first-order chi connectivity index (χ1) is 15.6. The van der Waals surface area contributed by atoms with Crippen LogP contribution < -0.4 is 14.8 Å². The number of nitrogens with one attached hydrogen (secondary N) is 2. The van der Waals surface area contributed by atoms with Crippen molar-refractivity contribution >= 4 is 21.6 Å². The smallest absolute Gasteiger partial charge is 0.262 e. The van der Waals surface area contributed by atoms with Crippen molar-refractivity contribution in [3.63, 3.8) is 0 Å². The van der Waals surface area contributed by atoms with Crippen LogP contribution in [-0.2, 0) is 10.0 Å². The molecule has 1 unspecified atom stereocenters. The number of para-hydroxylation sites is 1. The zero-order chi connectivity index (χ0) is 24.2. The van der Waals surface area contributed by atoms with Gasteiger partial charge in [0, 0.05) is 0 Å². The third-order valence-electron chi connectivity index (χ3n) is 5.50. The van der Waals surface area contributed by atoms with Gasteiger partial charge in [-0.1, -0.05) is 56.3 Å². The van der Waals surface area contributed by atoms with Gasteiger partial charge in [-0.25, -0.2) is 8.42 Å². The molecule has 0 aliphatic rings. The lowest BCUT2D eigenvalue weighted by Crippen LogP contribution is -2.28. The van der Waals surface area contributed by atoms with Crippen LogP contribution in [0.25, 0.3) is 0 Å². The number of benzene rings is 3. The molecule has 33 heavy (non-hydrogen) atoms. The maximum atomic E-state index is 13.3. The average Bonchev–Trinajstić information content (AvgIpc) is 2.79. The molecule has 2 N–H and O–H groups in total. The number of methoxy groups -OCH3 is 1. The van der Waals surface area contributed by atoms with Crippen LogP contribution in [0.1, 0.15) is 59.8 Å². The Balaban J connectivity index is 1.92. The lowest BCUT2D eigenvalue weighted by molar-refractivity contribution is 0.0941. The van der Waals surface area contributed by atoms with Crippen LogP contribution >= 0.6 is 0 Å². The van der Waals surface area contributed by atoms with Gasteiger partial charge < -0.3 is 10.1 Å². The zero-order valence-corrected chi connectivity index (χ0v) is 20.4. The average molecular weight is 467 g/mol. The maximum Gasteiger partial charge on any atom is 0.262 e. The molecule has 0 bridgehead atoms. The van der Waals surface area contributed by atoms with E-state index in [1.54, 1.807) is 50.4 Å². The van der Waals surface area contributed by atoms with Crippen LogP contribution in [0.15, 0.2) is 71.6 Å². The minimum absolute atomic E-state index is 0.0760. The minimum atomic E-state index is -3.95. The van der Waals surface area contributed by atoms with E-state index < -0.39 is 10.0 Å². The summed E-state index contributed by atoms with van der Waals surface area (Å²) in [6, 6.07) is 19.3. The molecule has 0 aliphatic carbocycles. The van der Waals surface area contributed by atoms with E-state index in [4.69, 9.17) is 4.74 Å². The Bertz CT molecular complexity index is 1240. The summed E-state index contributed by atoms with van der Waals surface area (Å²) in [6.45, 7) is 7.56. The molecular weight excluding hydrogens is 436 g/mol. The summed E-state index contributed by atoms with van der Waals surface area (Å²) in [7, 11) is -2.38. The van der Waals surface area contributed by atoms with Gasteiger partial charge in [-0.2, -0.15) is 0 Å². The lowest BCUT2D eigenvalue weighted by Gasteiger charge is -2.19. The number of hydrogen-bond acceptors (Lipinski definition) is 4. The van der Waals surface area contributed by atoms with Crippen molar-refractivity contribution in [1.29, 1.82) is 0 Å². The maximum absolute atomic E-state index is 13.3. The monoisotopic (exact) mass is 466 g/mol. The molecule has 6 nitrogen and oxygen atoms in total. The van der Waals surface area contributed by atoms with E-state index in [1.165, 1.54) is 0 Å². The van der Waals surface area contributed by atoms with Crippen molar-refractivity contribution in [2.75, 3.05) is 11.8 Å². The molecule has 1 amide bonds. The van der Waals surface area contributed by atoms with Crippen molar-refractivity contribution in [1.82, 2.24) is 5.32 Å². The number of hydrogen-bond donors (Lipinski definition) is 2. The molecule has 7 heteroatoms. The number of aryl methyl sites for hydroxylation is 1. The first-order valence-corrected chi connectivity index (χ1v) is 12.3. The van der Waals surface area contributed by atoms with Gasteiger partial charge in [-0.15, -0.1) is 0 Å². The van der Waals surface area contributed by atoms with Gasteiger partial charge in [0.2, 0.25) is 0 Å². The highest BCUT2D eigenvalue weighted by Crippen LogP contribution is 2.32. The van der Waals surface area contributed by atoms with E-state index in [0.717, 1.165) is 11.1 Å². The SMILES string of the molecule is COc1cc(C)c(S(=O)(=O)Nc2ccccc2C(=O)NC(C)c2ccccc2)cc1C(C)C. The second-order valence-corrected chi connectivity index (χ2v) is 9.92. The molecule has 0 aliphatic heterocycles. The van der Waals surface area contributed by atoms with Crippen molar-refractivity contribution < 1.29 is 17.9 Å². The molecule has 0 fully saturated rings. The molecule has 3 aromatic rings. The van der Waals surface area contributed by atoms with E-state index in [9.17, 15) is 13.2 Å². The zero-order valence-electron chi connectivity index (χ0n) is 19.5. The number of carbonyl (C=O) groups is 1. The quantitative estimate of drug-likeness (QED) is 0.464. The first kappa shape index (κ1) is 24.3. The van der Waals surface area contributed by atoms with Gasteiger partial charge in [-0.05, 0) is 60.7 Å². The second kappa shape index (κ2) is 10.1. The van der Waals surface area contributed by atoms with E-state index in [2.05, 4.69) is 10.0 Å². The third-order valence-corrected chi connectivity index (χ3v) is 7.01. The van der Waals surface area contributed by atoms with E-state index >= 15 is 0 Å². The van der Waals surface area contributed by atoms with Crippen LogP contribution in [0, 0.1) is 6.92 Å². The summed E-state index contributed by atoms with van der Waals surface area (Å²) in [4.78, 5) is 13.2. The number of amides is 1. The molecule has 0 heterocycles. The molecule has 0 saturated carbocycles. The summed E-state index contributed by atoms with van der Waals surface area (Å²) in [5.74, 6) is 0.363. The van der Waals surface area contributed by atoms with Gasteiger partial charge in [0.1, 0.15) is 5.75 Å². The topological polar surface area (TPSA) is 84.5 Å². The molecule has 3 aromatic carbocycles. The summed E-state index contributed by atoms with van der Waals surface area (Å²) in [6.07, 6.45) is 0. The highest BCUT2D eigenvalue weighted by Gasteiger charge is 2.23. The van der Waals surface area contributed by atoms with Gasteiger partial charge in [-0.3, -0.25) is 9.52 Å². The number of rotatable bonds is 8. The van der Waals surface area contributed by atoms with Crippen LogP contribution in [0.2, 0.25) is 0 Å². The highest BCUT2D eigenvalue weighted by atomic mass is 32.2. The Kier molecular flexibility index (Phi) is 7.43. The molecular formula is C26H30N2O4S. The van der Waals surface area contributed by atoms with Crippen molar-refractivity contribution in [3.8, 4) is 5.75 Å². The highest BCUT2D eigenvalue weighted by molar-refractivity contribution is 7.92. The van der Waals surface area contributed by atoms with Crippen LogP contribution in [0.5, 0.6) is 5.75 Å². The van der Waals surface area contributed by atoms with E-state index in [-0.39, 0.29) is 34.0 Å². The number of anilines is 1. The predicted octanol–water partition coefficient (Wildman–Crippen LogP) is 5.42. The second-order valence-electron chi connectivity index (χ2n) is 8.27. The van der Waals surface area contributed by atoms with Crippen LogP contribution in [0.4, 0.5) is 5.69 Å². The van der Waals surface area contributed by atoms with Crippen molar-refractivity contribution in [3.05, 3.63) is 89.0 Å². The largest absolute Gasteiger partial charge is 0.496 e. The van der Waals surface area contributed by atoms with Gasteiger partial charge in [0.15, 0.2) is 0 Å². The molecule has 0 saturated heterocycles. The third kappa shape index (κ3) is 5.54. The van der Waals surface area contributed by atoms with Crippen molar-refractivity contribution in [2.45, 2.75) is 44.6 Å². The summed E-state index contributed by atoms with van der Waals surface area (Å²) in [5, 5.41) is 2.94. The van der Waals surface area contributed by atoms with E-state index in [1.807, 2.05) is 51.1 Å². The predicted molar refractivity (Wildman–Crippen MR) is 131 cm³/mol. The molecule has 0 spiro atoms. The fourth-order valence-corrected chi connectivity index (χ4v) is 5.01. The standard InChI is InChI=1S/C26H30N2O4S/c1-17(2)22-16-25(18(3)15-24(22)32-5)33(30,31)28-23-14-10-9-13-21(23)26(29)27-19(4)20-11-7-6-8-12-20/h6-17,19,28H,1-5H3,(H,27,29). The van der Waals surface area contributed by atoms with Crippen LogP contribution in [-0.4, -0.2) is 21.4 Å². The lowest BCUT2D eigenvalue weighted by atomic mass is 10.0. The Morgan fingerprint density at radius 3 is 2.21 bits per heavy atom. The fourth-order valence-electron chi connectivity index (χ4n) is 3.66. The van der Waals surface area contributed by atoms with Crippen LogP contribution in [0.3, 0.4) is 0 Å². The summed E-state index contributed by atoms with van der Waals surface area (Å²) in [5.41, 5.74) is 2.78. The van der Waals surface area contributed by atoms with Gasteiger partial charge in [0.25, 0.3) is 15.9 Å². The number of ether oxygens (including phenoxy) is 1. The Hall–Kier alpha value is -3.32. The molecule has 1 atom stereocenters. The first-order valence-electron chi connectivity index (χ1n) is 10.8. The Labute approximate surface area is 196 Å².